The Morgan fingerprint density at radius 2 is 2.43 bits per heavy atom. The fourth-order valence-electron chi connectivity index (χ4n) is 1.35. The standard InChI is InChI=1S/C9H18N2O3/c1-6(12)9(13)11-4-8-3-2-7(10)5-14-8/h6-8,12H,2-5,10H2,1H3,(H,11,13)/t6?,7-,8+/m1/s1. The fraction of sp³-hybridized carbons (Fsp3) is 0.889. The van der Waals surface area contributed by atoms with E-state index in [0.717, 1.165) is 12.8 Å². The third-order valence-electron chi connectivity index (χ3n) is 2.29. The molecule has 0 spiro atoms. The number of nitrogens with two attached hydrogens (primary N) is 1. The molecule has 1 aliphatic rings. The van der Waals surface area contributed by atoms with Crippen LogP contribution in [0.1, 0.15) is 19.8 Å². The van der Waals surface area contributed by atoms with E-state index < -0.39 is 6.10 Å². The minimum Gasteiger partial charge on any atom is -0.384 e. The Balaban J connectivity index is 2.16. The van der Waals surface area contributed by atoms with Crippen molar-refractivity contribution in [3.8, 4) is 0 Å². The van der Waals surface area contributed by atoms with E-state index in [1.165, 1.54) is 6.92 Å². The number of rotatable bonds is 3. The third-order valence-corrected chi connectivity index (χ3v) is 2.29. The number of nitrogens with one attached hydrogen (secondary N) is 1. The first-order chi connectivity index (χ1) is 6.59. The Morgan fingerprint density at radius 1 is 1.71 bits per heavy atom. The van der Waals surface area contributed by atoms with Gasteiger partial charge in [-0.05, 0) is 19.8 Å². The Labute approximate surface area is 83.6 Å². The smallest absolute Gasteiger partial charge is 0.248 e. The SMILES string of the molecule is CC(O)C(=O)NC[C@@H]1CC[C@@H](N)CO1. The summed E-state index contributed by atoms with van der Waals surface area (Å²) in [6.45, 7) is 2.44. The van der Waals surface area contributed by atoms with E-state index in [2.05, 4.69) is 5.32 Å². The quantitative estimate of drug-likeness (QED) is 0.547. The van der Waals surface area contributed by atoms with E-state index in [9.17, 15) is 4.79 Å². The highest BCUT2D eigenvalue weighted by Gasteiger charge is 2.19. The van der Waals surface area contributed by atoms with Crippen LogP contribution in [0, 0.1) is 0 Å². The van der Waals surface area contributed by atoms with Gasteiger partial charge in [-0.15, -0.1) is 0 Å². The highest BCUT2D eigenvalue weighted by molar-refractivity contribution is 5.79. The van der Waals surface area contributed by atoms with Crippen molar-refractivity contribution >= 4 is 5.91 Å². The second kappa shape index (κ2) is 5.29. The molecule has 5 nitrogen and oxygen atoms in total. The van der Waals surface area contributed by atoms with Crippen molar-refractivity contribution in [2.45, 2.75) is 38.0 Å². The lowest BCUT2D eigenvalue weighted by molar-refractivity contribution is -0.129. The minimum atomic E-state index is -0.958. The molecule has 1 rings (SSSR count). The number of ether oxygens (including phenoxy) is 1. The van der Waals surface area contributed by atoms with Crippen molar-refractivity contribution in [2.24, 2.45) is 5.73 Å². The molecular weight excluding hydrogens is 184 g/mol. The van der Waals surface area contributed by atoms with Crippen LogP contribution in [-0.2, 0) is 9.53 Å². The third kappa shape index (κ3) is 3.61. The zero-order valence-corrected chi connectivity index (χ0v) is 8.40. The van der Waals surface area contributed by atoms with E-state index >= 15 is 0 Å². The van der Waals surface area contributed by atoms with Gasteiger partial charge in [0.25, 0.3) is 0 Å². The predicted molar refractivity (Wildman–Crippen MR) is 51.6 cm³/mol. The molecule has 1 aliphatic heterocycles. The van der Waals surface area contributed by atoms with Crippen LogP contribution in [0.4, 0.5) is 0 Å². The maximum Gasteiger partial charge on any atom is 0.248 e. The second-order valence-electron chi connectivity index (χ2n) is 3.71. The summed E-state index contributed by atoms with van der Waals surface area (Å²) in [7, 11) is 0. The Bertz CT molecular complexity index is 188. The van der Waals surface area contributed by atoms with Crippen LogP contribution >= 0.6 is 0 Å². The summed E-state index contributed by atoms with van der Waals surface area (Å²) in [6.07, 6.45) is 0.870. The number of aliphatic hydroxyl groups is 1. The molecule has 1 fully saturated rings. The van der Waals surface area contributed by atoms with Gasteiger partial charge in [0, 0.05) is 12.6 Å². The van der Waals surface area contributed by atoms with Crippen LogP contribution in [0.25, 0.3) is 0 Å². The number of hydrogen-bond donors (Lipinski definition) is 3. The number of carbonyl (C=O) groups is 1. The molecule has 1 amide bonds. The molecule has 0 aromatic rings. The zero-order chi connectivity index (χ0) is 10.6. The summed E-state index contributed by atoms with van der Waals surface area (Å²) in [5.74, 6) is -0.358. The summed E-state index contributed by atoms with van der Waals surface area (Å²) in [5.41, 5.74) is 5.65. The van der Waals surface area contributed by atoms with Gasteiger partial charge in [-0.25, -0.2) is 0 Å². The van der Waals surface area contributed by atoms with Gasteiger partial charge in [-0.3, -0.25) is 4.79 Å². The molecule has 3 atom stereocenters. The maximum atomic E-state index is 11.0. The van der Waals surface area contributed by atoms with Crippen LogP contribution in [0.2, 0.25) is 0 Å². The topological polar surface area (TPSA) is 84.6 Å². The molecule has 0 aliphatic carbocycles. The van der Waals surface area contributed by atoms with Gasteiger partial charge in [-0.2, -0.15) is 0 Å². The molecule has 4 N–H and O–H groups in total. The lowest BCUT2D eigenvalue weighted by atomic mass is 10.1. The molecule has 5 heteroatoms. The van der Waals surface area contributed by atoms with E-state index in [4.69, 9.17) is 15.6 Å². The molecule has 0 aromatic carbocycles. The van der Waals surface area contributed by atoms with E-state index in [1.807, 2.05) is 0 Å². The lowest BCUT2D eigenvalue weighted by Gasteiger charge is -2.27. The summed E-state index contributed by atoms with van der Waals surface area (Å²) < 4.78 is 5.40. The molecule has 1 heterocycles. The van der Waals surface area contributed by atoms with Crippen LogP contribution in [0.3, 0.4) is 0 Å². The van der Waals surface area contributed by atoms with Gasteiger partial charge in [0.2, 0.25) is 5.91 Å². The first-order valence-corrected chi connectivity index (χ1v) is 4.92. The number of hydrogen-bond acceptors (Lipinski definition) is 4. The highest BCUT2D eigenvalue weighted by Crippen LogP contribution is 2.11. The Hall–Kier alpha value is -0.650. The number of aliphatic hydroxyl groups excluding tert-OH is 1. The first kappa shape index (κ1) is 11.4. The lowest BCUT2D eigenvalue weighted by Crippen LogP contribution is -2.43. The highest BCUT2D eigenvalue weighted by atomic mass is 16.5. The minimum absolute atomic E-state index is 0.0394. The Kier molecular flexibility index (Phi) is 4.31. The normalized spacial score (nSPS) is 29.6. The molecular formula is C9H18N2O3. The van der Waals surface area contributed by atoms with Gasteiger partial charge in [0.05, 0.1) is 12.7 Å². The number of amides is 1. The molecule has 0 aromatic heterocycles. The monoisotopic (exact) mass is 202 g/mol. The van der Waals surface area contributed by atoms with E-state index in [1.54, 1.807) is 0 Å². The molecule has 0 bridgehead atoms. The van der Waals surface area contributed by atoms with Crippen molar-refractivity contribution in [1.82, 2.24) is 5.32 Å². The molecule has 1 saturated heterocycles. The van der Waals surface area contributed by atoms with Crippen molar-refractivity contribution in [1.29, 1.82) is 0 Å². The van der Waals surface area contributed by atoms with Gasteiger partial charge in [-0.1, -0.05) is 0 Å². The first-order valence-electron chi connectivity index (χ1n) is 4.92. The van der Waals surface area contributed by atoms with Crippen molar-refractivity contribution < 1.29 is 14.6 Å². The molecule has 82 valence electrons. The summed E-state index contributed by atoms with van der Waals surface area (Å²) >= 11 is 0. The van der Waals surface area contributed by atoms with Gasteiger partial charge < -0.3 is 20.9 Å². The molecule has 1 unspecified atom stereocenters. The Morgan fingerprint density at radius 3 is 2.93 bits per heavy atom. The zero-order valence-electron chi connectivity index (χ0n) is 8.40. The molecule has 0 radical (unpaired) electrons. The van der Waals surface area contributed by atoms with E-state index in [0.29, 0.717) is 13.2 Å². The second-order valence-corrected chi connectivity index (χ2v) is 3.71. The van der Waals surface area contributed by atoms with Gasteiger partial charge in [0.15, 0.2) is 0 Å². The number of carbonyl (C=O) groups excluding carboxylic acids is 1. The average Bonchev–Trinajstić information content (AvgIpc) is 2.16. The van der Waals surface area contributed by atoms with E-state index in [-0.39, 0.29) is 18.1 Å². The maximum absolute atomic E-state index is 11.0. The fourth-order valence-corrected chi connectivity index (χ4v) is 1.35. The summed E-state index contributed by atoms with van der Waals surface area (Å²) in [6, 6.07) is 0.124. The van der Waals surface area contributed by atoms with Crippen molar-refractivity contribution in [3.05, 3.63) is 0 Å². The molecule has 0 saturated carbocycles. The largest absolute Gasteiger partial charge is 0.384 e. The van der Waals surface area contributed by atoms with Gasteiger partial charge >= 0.3 is 0 Å². The van der Waals surface area contributed by atoms with Gasteiger partial charge in [0.1, 0.15) is 6.10 Å². The van der Waals surface area contributed by atoms with Crippen molar-refractivity contribution in [3.63, 3.8) is 0 Å². The summed E-state index contributed by atoms with van der Waals surface area (Å²) in [4.78, 5) is 11.0. The average molecular weight is 202 g/mol. The van der Waals surface area contributed by atoms with Crippen LogP contribution in [-0.4, -0.2) is 42.4 Å². The molecule has 14 heavy (non-hydrogen) atoms. The van der Waals surface area contributed by atoms with Crippen LogP contribution < -0.4 is 11.1 Å². The van der Waals surface area contributed by atoms with Crippen LogP contribution in [0.5, 0.6) is 0 Å². The summed E-state index contributed by atoms with van der Waals surface area (Å²) in [5, 5.41) is 11.5. The van der Waals surface area contributed by atoms with Crippen molar-refractivity contribution in [2.75, 3.05) is 13.2 Å². The van der Waals surface area contributed by atoms with Crippen LogP contribution in [0.15, 0.2) is 0 Å². The predicted octanol–water partition coefficient (Wildman–Crippen LogP) is -1.01.